The summed E-state index contributed by atoms with van der Waals surface area (Å²) in [5.74, 6) is -2.78. The predicted molar refractivity (Wildman–Crippen MR) is 45.7 cm³/mol. The van der Waals surface area contributed by atoms with Crippen molar-refractivity contribution in [1.29, 1.82) is 0 Å². The molecule has 0 amide bonds. The minimum atomic E-state index is -1.17. The molecule has 0 saturated heterocycles. The van der Waals surface area contributed by atoms with Gasteiger partial charge in [-0.05, 0) is 31.6 Å². The third-order valence-electron chi connectivity index (χ3n) is 1.79. The Bertz CT molecular complexity index is 302. The molecule has 0 spiro atoms. The van der Waals surface area contributed by atoms with Crippen LogP contribution in [0.15, 0.2) is 12.1 Å². The van der Waals surface area contributed by atoms with E-state index in [9.17, 15) is 8.78 Å². The molecule has 0 saturated carbocycles. The first-order valence-corrected chi connectivity index (χ1v) is 3.97. The molecule has 0 unspecified atom stereocenters. The van der Waals surface area contributed by atoms with Gasteiger partial charge < -0.3 is 10.4 Å². The monoisotopic (exact) mass is 187 g/mol. The standard InChI is InChI=1S/C9H11F2NO/c1-12-5-4-6-2-3-7(13)9(11)8(6)10/h2-3,12-13H,4-5H2,1H3. The number of hydrogen-bond donors (Lipinski definition) is 2. The van der Waals surface area contributed by atoms with Crippen LogP contribution < -0.4 is 5.32 Å². The number of phenolic OH excluding ortho intramolecular Hbond substituents is 1. The van der Waals surface area contributed by atoms with Crippen molar-refractivity contribution in [3.63, 3.8) is 0 Å². The lowest BCUT2D eigenvalue weighted by Crippen LogP contribution is -2.11. The van der Waals surface area contributed by atoms with Crippen LogP contribution in [-0.2, 0) is 6.42 Å². The highest BCUT2D eigenvalue weighted by Gasteiger charge is 2.11. The fourth-order valence-electron chi connectivity index (χ4n) is 1.03. The van der Waals surface area contributed by atoms with Gasteiger partial charge in [-0.1, -0.05) is 6.07 Å². The topological polar surface area (TPSA) is 32.3 Å². The van der Waals surface area contributed by atoms with Crippen molar-refractivity contribution in [3.05, 3.63) is 29.3 Å². The summed E-state index contributed by atoms with van der Waals surface area (Å²) in [5, 5.41) is 11.6. The van der Waals surface area contributed by atoms with Crippen LogP contribution in [0.3, 0.4) is 0 Å². The average Bonchev–Trinajstić information content (AvgIpc) is 2.13. The van der Waals surface area contributed by atoms with Gasteiger partial charge in [0.1, 0.15) is 0 Å². The second-order valence-electron chi connectivity index (χ2n) is 2.73. The van der Waals surface area contributed by atoms with E-state index < -0.39 is 17.4 Å². The van der Waals surface area contributed by atoms with E-state index in [1.165, 1.54) is 6.07 Å². The number of rotatable bonds is 3. The summed E-state index contributed by atoms with van der Waals surface area (Å²) in [6.45, 7) is 0.571. The molecule has 0 heterocycles. The van der Waals surface area contributed by atoms with Crippen molar-refractivity contribution < 1.29 is 13.9 Å². The van der Waals surface area contributed by atoms with Crippen molar-refractivity contribution in [2.45, 2.75) is 6.42 Å². The second-order valence-corrected chi connectivity index (χ2v) is 2.73. The number of hydrogen-bond acceptors (Lipinski definition) is 2. The first-order chi connectivity index (χ1) is 6.16. The van der Waals surface area contributed by atoms with Crippen molar-refractivity contribution in [1.82, 2.24) is 5.32 Å². The Hall–Kier alpha value is -1.16. The van der Waals surface area contributed by atoms with Gasteiger partial charge in [0.15, 0.2) is 11.6 Å². The zero-order chi connectivity index (χ0) is 9.84. The number of likely N-dealkylation sites (N-methyl/N-ethyl adjacent to an activating group) is 1. The van der Waals surface area contributed by atoms with Crippen LogP contribution in [0.4, 0.5) is 8.78 Å². The number of aromatic hydroxyl groups is 1. The van der Waals surface area contributed by atoms with E-state index in [-0.39, 0.29) is 5.56 Å². The van der Waals surface area contributed by atoms with Gasteiger partial charge in [0, 0.05) is 0 Å². The zero-order valence-electron chi connectivity index (χ0n) is 7.27. The Morgan fingerprint density at radius 2 is 2.00 bits per heavy atom. The van der Waals surface area contributed by atoms with Gasteiger partial charge in [-0.15, -0.1) is 0 Å². The van der Waals surface area contributed by atoms with Crippen molar-refractivity contribution in [3.8, 4) is 5.75 Å². The largest absolute Gasteiger partial charge is 0.505 e. The number of halogens is 2. The summed E-state index contributed by atoms with van der Waals surface area (Å²) in [5.41, 5.74) is 0.268. The highest BCUT2D eigenvalue weighted by atomic mass is 19.2. The van der Waals surface area contributed by atoms with Gasteiger partial charge in [-0.2, -0.15) is 4.39 Å². The fourth-order valence-corrected chi connectivity index (χ4v) is 1.03. The van der Waals surface area contributed by atoms with E-state index in [1.807, 2.05) is 0 Å². The van der Waals surface area contributed by atoms with Gasteiger partial charge in [-0.3, -0.25) is 0 Å². The minimum Gasteiger partial charge on any atom is -0.505 e. The Balaban J connectivity index is 2.90. The van der Waals surface area contributed by atoms with Crippen LogP contribution in [0, 0.1) is 11.6 Å². The first kappa shape index (κ1) is 9.92. The van der Waals surface area contributed by atoms with Crippen LogP contribution >= 0.6 is 0 Å². The van der Waals surface area contributed by atoms with Gasteiger partial charge >= 0.3 is 0 Å². The van der Waals surface area contributed by atoms with Crippen molar-refractivity contribution in [2.75, 3.05) is 13.6 Å². The molecule has 1 aromatic rings. The third kappa shape index (κ3) is 2.15. The average molecular weight is 187 g/mol. The van der Waals surface area contributed by atoms with Crippen LogP contribution in [0.2, 0.25) is 0 Å². The van der Waals surface area contributed by atoms with Crippen LogP contribution in [0.5, 0.6) is 5.75 Å². The summed E-state index contributed by atoms with van der Waals surface area (Å²) in [7, 11) is 1.73. The Labute approximate surface area is 75.2 Å². The van der Waals surface area contributed by atoms with E-state index >= 15 is 0 Å². The summed E-state index contributed by atoms with van der Waals surface area (Å²) >= 11 is 0. The molecule has 0 aliphatic rings. The summed E-state index contributed by atoms with van der Waals surface area (Å²) in [4.78, 5) is 0. The molecule has 4 heteroatoms. The molecule has 1 rings (SSSR count). The lowest BCUT2D eigenvalue weighted by molar-refractivity contribution is 0.404. The highest BCUT2D eigenvalue weighted by molar-refractivity contribution is 5.29. The molecule has 2 nitrogen and oxygen atoms in total. The first-order valence-electron chi connectivity index (χ1n) is 3.97. The van der Waals surface area contributed by atoms with E-state index in [1.54, 1.807) is 7.05 Å². The number of phenols is 1. The molecule has 0 aliphatic heterocycles. The number of nitrogens with one attached hydrogen (secondary N) is 1. The minimum absolute atomic E-state index is 0.268. The summed E-state index contributed by atoms with van der Waals surface area (Å²) in [6, 6.07) is 2.54. The molecule has 72 valence electrons. The quantitative estimate of drug-likeness (QED) is 0.750. The van der Waals surface area contributed by atoms with Gasteiger partial charge in [-0.25, -0.2) is 4.39 Å². The molecule has 0 bridgehead atoms. The lowest BCUT2D eigenvalue weighted by atomic mass is 10.1. The van der Waals surface area contributed by atoms with E-state index in [0.717, 1.165) is 6.07 Å². The third-order valence-corrected chi connectivity index (χ3v) is 1.79. The van der Waals surface area contributed by atoms with Crippen molar-refractivity contribution in [2.24, 2.45) is 0 Å². The molecule has 13 heavy (non-hydrogen) atoms. The van der Waals surface area contributed by atoms with E-state index in [4.69, 9.17) is 5.11 Å². The molecule has 2 N–H and O–H groups in total. The molecule has 1 aromatic carbocycles. The van der Waals surface area contributed by atoms with Crippen molar-refractivity contribution >= 4 is 0 Å². The predicted octanol–water partition coefficient (Wildman–Crippen LogP) is 1.43. The van der Waals surface area contributed by atoms with E-state index in [0.29, 0.717) is 13.0 Å². The molecule has 0 atom stereocenters. The Kier molecular flexibility index (Phi) is 3.19. The maximum absolute atomic E-state index is 13.0. The van der Waals surface area contributed by atoms with E-state index in [2.05, 4.69) is 5.32 Å². The van der Waals surface area contributed by atoms with Crippen LogP contribution in [0.25, 0.3) is 0 Å². The van der Waals surface area contributed by atoms with Crippen LogP contribution in [0.1, 0.15) is 5.56 Å². The second kappa shape index (κ2) is 4.18. The maximum Gasteiger partial charge on any atom is 0.200 e. The lowest BCUT2D eigenvalue weighted by Gasteiger charge is -2.04. The molecular formula is C9H11F2NO. The summed E-state index contributed by atoms with van der Waals surface area (Å²) < 4.78 is 25.8. The Morgan fingerprint density at radius 3 is 2.62 bits per heavy atom. The highest BCUT2D eigenvalue weighted by Crippen LogP contribution is 2.21. The van der Waals surface area contributed by atoms with Gasteiger partial charge in [0.25, 0.3) is 0 Å². The normalized spacial score (nSPS) is 10.4. The SMILES string of the molecule is CNCCc1ccc(O)c(F)c1F. The Morgan fingerprint density at radius 1 is 1.31 bits per heavy atom. The fraction of sp³-hybridized carbons (Fsp3) is 0.333. The van der Waals surface area contributed by atoms with Gasteiger partial charge in [0.05, 0.1) is 0 Å². The molecule has 0 aliphatic carbocycles. The molecule has 0 fully saturated rings. The maximum atomic E-state index is 13.0. The molecule has 0 aromatic heterocycles. The molecule has 0 radical (unpaired) electrons. The zero-order valence-corrected chi connectivity index (χ0v) is 7.27. The van der Waals surface area contributed by atoms with Gasteiger partial charge in [0.2, 0.25) is 5.82 Å². The van der Waals surface area contributed by atoms with Crippen LogP contribution in [-0.4, -0.2) is 18.7 Å². The smallest absolute Gasteiger partial charge is 0.200 e. The molecular weight excluding hydrogens is 176 g/mol. The summed E-state index contributed by atoms with van der Waals surface area (Å²) in [6.07, 6.45) is 0.402. The number of benzene rings is 1.